The molecule has 0 aliphatic carbocycles. The number of aromatic nitrogens is 2. The lowest BCUT2D eigenvalue weighted by Gasteiger charge is -2.05. The van der Waals surface area contributed by atoms with Gasteiger partial charge in [0.25, 0.3) is 0 Å². The van der Waals surface area contributed by atoms with Crippen molar-refractivity contribution in [1.82, 2.24) is 9.97 Å². The molecular formula is C20H16N4OS. The molecule has 0 aliphatic heterocycles. The van der Waals surface area contributed by atoms with Crippen LogP contribution in [0, 0.1) is 0 Å². The lowest BCUT2D eigenvalue weighted by molar-refractivity contribution is 0.414. The van der Waals surface area contributed by atoms with Crippen molar-refractivity contribution in [3.63, 3.8) is 0 Å². The van der Waals surface area contributed by atoms with Crippen LogP contribution in [0.25, 0.3) is 21.3 Å². The number of para-hydroxylation sites is 1. The molecule has 0 unspecified atom stereocenters. The molecule has 4 aromatic rings. The Kier molecular flexibility index (Phi) is 4.57. The molecule has 2 aromatic carbocycles. The zero-order chi connectivity index (χ0) is 17.8. The van der Waals surface area contributed by atoms with Gasteiger partial charge in [-0.05, 0) is 17.7 Å². The van der Waals surface area contributed by atoms with Crippen molar-refractivity contribution in [1.29, 1.82) is 0 Å². The Morgan fingerprint density at radius 2 is 1.85 bits per heavy atom. The van der Waals surface area contributed by atoms with Gasteiger partial charge in [-0.3, -0.25) is 5.43 Å². The lowest BCUT2D eigenvalue weighted by Crippen LogP contribution is -1.96. The van der Waals surface area contributed by atoms with Gasteiger partial charge in [0.2, 0.25) is 0 Å². The van der Waals surface area contributed by atoms with E-state index in [-0.39, 0.29) is 0 Å². The van der Waals surface area contributed by atoms with Crippen LogP contribution in [-0.2, 0) is 0 Å². The Labute approximate surface area is 155 Å². The van der Waals surface area contributed by atoms with E-state index in [9.17, 15) is 0 Å². The third kappa shape index (κ3) is 3.14. The van der Waals surface area contributed by atoms with Crippen molar-refractivity contribution in [2.24, 2.45) is 5.10 Å². The average molecular weight is 360 g/mol. The summed E-state index contributed by atoms with van der Waals surface area (Å²) in [6.45, 7) is 0. The summed E-state index contributed by atoms with van der Waals surface area (Å²) in [6, 6.07) is 17.9. The summed E-state index contributed by atoms with van der Waals surface area (Å²) in [7, 11) is 1.64. The van der Waals surface area contributed by atoms with Crippen LogP contribution >= 0.6 is 11.3 Å². The summed E-state index contributed by atoms with van der Waals surface area (Å²) >= 11 is 1.60. The van der Waals surface area contributed by atoms with E-state index >= 15 is 0 Å². The number of thiophene rings is 1. The summed E-state index contributed by atoms with van der Waals surface area (Å²) in [5.74, 6) is 1.45. The van der Waals surface area contributed by atoms with Crippen LogP contribution in [0.2, 0.25) is 0 Å². The van der Waals surface area contributed by atoms with Crippen molar-refractivity contribution in [3.8, 4) is 16.9 Å². The number of ether oxygens (including phenoxy) is 1. The second kappa shape index (κ2) is 7.33. The smallest absolute Gasteiger partial charge is 0.159 e. The Hall–Kier alpha value is -3.25. The molecule has 0 radical (unpaired) electrons. The second-order valence-corrected chi connectivity index (χ2v) is 6.39. The number of hydrogen-bond acceptors (Lipinski definition) is 6. The predicted octanol–water partition coefficient (Wildman–Crippen LogP) is 4.81. The number of methoxy groups -OCH3 is 1. The summed E-state index contributed by atoms with van der Waals surface area (Å²) in [5, 5.41) is 7.42. The maximum Gasteiger partial charge on any atom is 0.159 e. The minimum atomic E-state index is 0.682. The van der Waals surface area contributed by atoms with E-state index in [1.165, 1.54) is 0 Å². The standard InChI is InChI=1S/C20H16N4OS/c1-25-17-10-6-5-9-15(17)11-23-24-19-18-16(14-7-3-2-4-8-14)12-26-20(18)22-13-21-19/h2-13H,1H3,(H,21,22,24)/b23-11-. The van der Waals surface area contributed by atoms with Crippen molar-refractivity contribution in [2.45, 2.75) is 0 Å². The second-order valence-electron chi connectivity index (χ2n) is 5.53. The fourth-order valence-electron chi connectivity index (χ4n) is 2.73. The quantitative estimate of drug-likeness (QED) is 0.410. The Bertz CT molecular complexity index is 1060. The van der Waals surface area contributed by atoms with Gasteiger partial charge in [-0.15, -0.1) is 11.3 Å². The topological polar surface area (TPSA) is 59.4 Å². The number of benzene rings is 2. The van der Waals surface area contributed by atoms with Crippen LogP contribution in [-0.4, -0.2) is 23.3 Å². The number of hydrazone groups is 1. The van der Waals surface area contributed by atoms with Crippen molar-refractivity contribution < 1.29 is 4.74 Å². The van der Waals surface area contributed by atoms with Crippen molar-refractivity contribution in [2.75, 3.05) is 12.5 Å². The summed E-state index contributed by atoms with van der Waals surface area (Å²) < 4.78 is 5.34. The molecule has 0 fully saturated rings. The molecule has 5 nitrogen and oxygen atoms in total. The highest BCUT2D eigenvalue weighted by Gasteiger charge is 2.12. The first kappa shape index (κ1) is 16.2. The third-order valence-corrected chi connectivity index (χ3v) is 4.85. The molecule has 2 heterocycles. The fraction of sp³-hybridized carbons (Fsp3) is 0.0500. The predicted molar refractivity (Wildman–Crippen MR) is 107 cm³/mol. The highest BCUT2D eigenvalue weighted by atomic mass is 32.1. The maximum atomic E-state index is 5.34. The Morgan fingerprint density at radius 3 is 2.69 bits per heavy atom. The normalized spacial score (nSPS) is 11.1. The molecule has 2 aromatic heterocycles. The molecule has 128 valence electrons. The average Bonchev–Trinajstić information content (AvgIpc) is 3.14. The number of rotatable bonds is 5. The number of nitrogens with one attached hydrogen (secondary N) is 1. The number of anilines is 1. The molecule has 0 saturated heterocycles. The highest BCUT2D eigenvalue weighted by molar-refractivity contribution is 7.17. The lowest BCUT2D eigenvalue weighted by atomic mass is 10.1. The van der Waals surface area contributed by atoms with Crippen LogP contribution in [0.4, 0.5) is 5.82 Å². The van der Waals surface area contributed by atoms with Gasteiger partial charge in [0, 0.05) is 16.5 Å². The zero-order valence-corrected chi connectivity index (χ0v) is 14.9. The number of hydrogen-bond donors (Lipinski definition) is 1. The van der Waals surface area contributed by atoms with Gasteiger partial charge in [0.05, 0.1) is 18.7 Å². The van der Waals surface area contributed by atoms with Gasteiger partial charge in [-0.2, -0.15) is 5.10 Å². The number of nitrogens with zero attached hydrogens (tertiary/aromatic N) is 3. The minimum absolute atomic E-state index is 0.682. The van der Waals surface area contributed by atoms with Crippen molar-refractivity contribution in [3.05, 3.63) is 71.9 Å². The van der Waals surface area contributed by atoms with Crippen molar-refractivity contribution >= 4 is 33.6 Å². The van der Waals surface area contributed by atoms with E-state index in [0.717, 1.165) is 32.7 Å². The number of fused-ring (bicyclic) bond motifs is 1. The SMILES string of the molecule is COc1ccccc1/C=N\Nc1ncnc2scc(-c3ccccc3)c12. The molecule has 0 spiro atoms. The van der Waals surface area contributed by atoms with E-state index in [2.05, 4.69) is 38.0 Å². The van der Waals surface area contributed by atoms with Gasteiger partial charge < -0.3 is 4.74 Å². The molecule has 26 heavy (non-hydrogen) atoms. The molecule has 0 aliphatic rings. The monoisotopic (exact) mass is 360 g/mol. The molecule has 0 saturated carbocycles. The first-order valence-corrected chi connectivity index (χ1v) is 8.94. The van der Waals surface area contributed by atoms with Crippen LogP contribution in [0.15, 0.2) is 71.4 Å². The van der Waals surface area contributed by atoms with Gasteiger partial charge in [-0.25, -0.2) is 9.97 Å². The molecule has 1 N–H and O–H groups in total. The molecule has 0 bridgehead atoms. The van der Waals surface area contributed by atoms with Gasteiger partial charge in [0.1, 0.15) is 16.9 Å². The van der Waals surface area contributed by atoms with E-state index < -0.39 is 0 Å². The molecule has 0 amide bonds. The highest BCUT2D eigenvalue weighted by Crippen LogP contribution is 2.36. The van der Waals surface area contributed by atoms with Crippen LogP contribution < -0.4 is 10.2 Å². The molecule has 0 atom stereocenters. The van der Waals surface area contributed by atoms with Crippen LogP contribution in [0.1, 0.15) is 5.56 Å². The minimum Gasteiger partial charge on any atom is -0.496 e. The third-order valence-electron chi connectivity index (χ3n) is 3.97. The van der Waals surface area contributed by atoms with Gasteiger partial charge in [-0.1, -0.05) is 42.5 Å². The first-order chi connectivity index (χ1) is 12.9. The first-order valence-electron chi connectivity index (χ1n) is 8.06. The molecule has 6 heteroatoms. The fourth-order valence-corrected chi connectivity index (χ4v) is 3.64. The van der Waals surface area contributed by atoms with E-state index in [0.29, 0.717) is 5.82 Å². The Balaban J connectivity index is 1.69. The van der Waals surface area contributed by atoms with Crippen LogP contribution in [0.5, 0.6) is 5.75 Å². The largest absolute Gasteiger partial charge is 0.496 e. The van der Waals surface area contributed by atoms with E-state index in [1.807, 2.05) is 42.5 Å². The summed E-state index contributed by atoms with van der Waals surface area (Å²) in [6.07, 6.45) is 3.27. The van der Waals surface area contributed by atoms with E-state index in [4.69, 9.17) is 4.74 Å². The van der Waals surface area contributed by atoms with Gasteiger partial charge in [0.15, 0.2) is 5.82 Å². The van der Waals surface area contributed by atoms with Crippen LogP contribution in [0.3, 0.4) is 0 Å². The summed E-state index contributed by atoms with van der Waals surface area (Å²) in [4.78, 5) is 9.68. The molecular weight excluding hydrogens is 344 g/mol. The Morgan fingerprint density at radius 1 is 1.04 bits per heavy atom. The zero-order valence-electron chi connectivity index (χ0n) is 14.1. The van der Waals surface area contributed by atoms with Gasteiger partial charge >= 0.3 is 0 Å². The maximum absolute atomic E-state index is 5.34. The van der Waals surface area contributed by atoms with E-state index in [1.54, 1.807) is 31.0 Å². The molecule has 4 rings (SSSR count). The summed E-state index contributed by atoms with van der Waals surface area (Å²) in [5.41, 5.74) is 6.17.